The molecule has 1 aromatic rings. The van der Waals surface area contributed by atoms with E-state index >= 15 is 0 Å². The molecule has 0 radical (unpaired) electrons. The van der Waals surface area contributed by atoms with Crippen molar-refractivity contribution in [2.24, 2.45) is 17.3 Å². The predicted molar refractivity (Wildman–Crippen MR) is 99.3 cm³/mol. The first-order valence-corrected chi connectivity index (χ1v) is 10.3. The van der Waals surface area contributed by atoms with Crippen molar-refractivity contribution in [3.63, 3.8) is 0 Å². The zero-order valence-corrected chi connectivity index (χ0v) is 16.3. The number of hydrogen-bond donors (Lipinski definition) is 1. The van der Waals surface area contributed by atoms with E-state index in [1.165, 1.54) is 17.8 Å². The molecule has 1 heterocycles. The van der Waals surface area contributed by atoms with Gasteiger partial charge in [0.15, 0.2) is 0 Å². The number of amides is 1. The molecule has 4 saturated carbocycles. The molecule has 4 nitrogen and oxygen atoms in total. The number of thiophene rings is 1. The van der Waals surface area contributed by atoms with Crippen LogP contribution in [0.4, 0.5) is 5.00 Å². The number of carbonyl (C=O) groups excluding carboxylic acids is 2. The van der Waals surface area contributed by atoms with Crippen LogP contribution in [0.5, 0.6) is 0 Å². The number of rotatable bonds is 4. The van der Waals surface area contributed by atoms with Crippen molar-refractivity contribution < 1.29 is 14.3 Å². The molecule has 2 atom stereocenters. The monoisotopic (exact) mass is 381 g/mol. The molecule has 136 valence electrons. The number of anilines is 1. The average molecular weight is 382 g/mol. The van der Waals surface area contributed by atoms with Crippen LogP contribution < -0.4 is 5.32 Å². The third-order valence-electron chi connectivity index (χ3n) is 6.09. The van der Waals surface area contributed by atoms with E-state index in [4.69, 9.17) is 16.3 Å². The molecular weight excluding hydrogens is 358 g/mol. The molecule has 1 amide bonds. The van der Waals surface area contributed by atoms with Gasteiger partial charge in [0.05, 0.1) is 17.0 Å². The van der Waals surface area contributed by atoms with Crippen molar-refractivity contribution in [2.45, 2.75) is 57.2 Å². The van der Waals surface area contributed by atoms with Gasteiger partial charge < -0.3 is 10.1 Å². The lowest BCUT2D eigenvalue weighted by Crippen LogP contribution is -2.57. The smallest absolute Gasteiger partial charge is 0.348 e. The zero-order valence-electron chi connectivity index (χ0n) is 14.7. The van der Waals surface area contributed by atoms with Gasteiger partial charge in [-0.05, 0) is 75.8 Å². The third-order valence-corrected chi connectivity index (χ3v) is 7.66. The van der Waals surface area contributed by atoms with Gasteiger partial charge >= 0.3 is 5.97 Å². The van der Waals surface area contributed by atoms with Crippen molar-refractivity contribution >= 4 is 39.8 Å². The van der Waals surface area contributed by atoms with E-state index in [0.717, 1.165) is 42.7 Å². The van der Waals surface area contributed by atoms with Gasteiger partial charge in [-0.15, -0.1) is 22.9 Å². The summed E-state index contributed by atoms with van der Waals surface area (Å²) in [7, 11) is 0. The van der Waals surface area contributed by atoms with E-state index in [2.05, 4.69) is 5.32 Å². The van der Waals surface area contributed by atoms with E-state index in [-0.39, 0.29) is 22.2 Å². The van der Waals surface area contributed by atoms with Gasteiger partial charge in [-0.25, -0.2) is 4.79 Å². The van der Waals surface area contributed by atoms with Crippen molar-refractivity contribution in [3.8, 4) is 0 Å². The Labute approximate surface area is 157 Å². The number of esters is 1. The SMILES string of the molecule is CCOC(=O)c1sc(NC(=O)C23C[C@@H]4C[C@H](CC(Cl)(C4)C2)C3)cc1C. The molecule has 0 aliphatic heterocycles. The van der Waals surface area contributed by atoms with Gasteiger partial charge in [0.25, 0.3) is 0 Å². The highest BCUT2D eigenvalue weighted by atomic mass is 35.5. The lowest BCUT2D eigenvalue weighted by Gasteiger charge is -2.59. The number of nitrogens with one attached hydrogen (secondary N) is 1. The van der Waals surface area contributed by atoms with E-state index in [1.54, 1.807) is 6.92 Å². The van der Waals surface area contributed by atoms with Gasteiger partial charge in [0, 0.05) is 4.87 Å². The summed E-state index contributed by atoms with van der Waals surface area (Å²) in [4.78, 5) is 25.5. The second-order valence-corrected chi connectivity index (χ2v) is 10.0. The number of aryl methyl sites for hydroxylation is 1. The van der Waals surface area contributed by atoms with Crippen LogP contribution in [0.25, 0.3) is 0 Å². The molecule has 6 heteroatoms. The van der Waals surface area contributed by atoms with E-state index in [1.807, 2.05) is 13.0 Å². The fourth-order valence-corrected chi connectivity index (χ4v) is 7.26. The minimum absolute atomic E-state index is 0.0864. The zero-order chi connectivity index (χ0) is 17.8. The van der Waals surface area contributed by atoms with Crippen molar-refractivity contribution in [1.29, 1.82) is 0 Å². The van der Waals surface area contributed by atoms with Crippen molar-refractivity contribution in [3.05, 3.63) is 16.5 Å². The van der Waals surface area contributed by atoms with Crippen LogP contribution in [0, 0.1) is 24.2 Å². The molecule has 0 spiro atoms. The Kier molecular flexibility index (Phi) is 4.15. The highest BCUT2D eigenvalue weighted by Gasteiger charge is 2.60. The first-order chi connectivity index (χ1) is 11.8. The number of halogens is 1. The van der Waals surface area contributed by atoms with E-state index in [0.29, 0.717) is 23.3 Å². The maximum Gasteiger partial charge on any atom is 0.348 e. The van der Waals surface area contributed by atoms with Gasteiger partial charge in [-0.3, -0.25) is 4.79 Å². The summed E-state index contributed by atoms with van der Waals surface area (Å²) in [5.41, 5.74) is 0.520. The van der Waals surface area contributed by atoms with Crippen LogP contribution in [0.2, 0.25) is 0 Å². The highest BCUT2D eigenvalue weighted by molar-refractivity contribution is 7.18. The van der Waals surface area contributed by atoms with Crippen LogP contribution in [-0.4, -0.2) is 23.4 Å². The molecule has 4 aliphatic carbocycles. The minimum Gasteiger partial charge on any atom is -0.462 e. The largest absolute Gasteiger partial charge is 0.462 e. The quantitative estimate of drug-likeness (QED) is 0.604. The lowest BCUT2D eigenvalue weighted by atomic mass is 9.49. The van der Waals surface area contributed by atoms with Gasteiger partial charge in [0.2, 0.25) is 5.91 Å². The molecule has 0 saturated heterocycles. The minimum atomic E-state index is -0.326. The van der Waals surface area contributed by atoms with Crippen LogP contribution in [-0.2, 0) is 9.53 Å². The first-order valence-electron chi connectivity index (χ1n) is 9.10. The lowest BCUT2D eigenvalue weighted by molar-refractivity contribution is -0.138. The molecule has 1 N–H and O–H groups in total. The fraction of sp³-hybridized carbons (Fsp3) is 0.684. The molecule has 4 bridgehead atoms. The maximum absolute atomic E-state index is 13.1. The average Bonchev–Trinajstić information content (AvgIpc) is 2.85. The van der Waals surface area contributed by atoms with Crippen LogP contribution in [0.3, 0.4) is 0 Å². The first kappa shape index (κ1) is 17.3. The van der Waals surface area contributed by atoms with Crippen LogP contribution in [0.15, 0.2) is 6.07 Å². The second-order valence-electron chi connectivity index (χ2n) is 8.19. The maximum atomic E-state index is 13.1. The van der Waals surface area contributed by atoms with Crippen LogP contribution in [0.1, 0.15) is 60.7 Å². The van der Waals surface area contributed by atoms with Gasteiger partial charge in [0.1, 0.15) is 4.88 Å². The summed E-state index contributed by atoms with van der Waals surface area (Å²) in [5, 5.41) is 3.81. The Hall–Kier alpha value is -1.07. The third kappa shape index (κ3) is 2.99. The summed E-state index contributed by atoms with van der Waals surface area (Å²) < 4.78 is 5.08. The Balaban J connectivity index is 1.53. The Morgan fingerprint density at radius 2 is 2.00 bits per heavy atom. The molecule has 4 fully saturated rings. The number of alkyl halides is 1. The topological polar surface area (TPSA) is 55.4 Å². The number of ether oxygens (including phenoxy) is 1. The van der Waals surface area contributed by atoms with Gasteiger partial charge in [-0.2, -0.15) is 0 Å². The number of hydrogen-bond acceptors (Lipinski definition) is 4. The Bertz CT molecular complexity index is 714. The molecule has 25 heavy (non-hydrogen) atoms. The Morgan fingerprint density at radius 3 is 2.60 bits per heavy atom. The summed E-state index contributed by atoms with van der Waals surface area (Å²) >= 11 is 8.13. The Morgan fingerprint density at radius 1 is 1.32 bits per heavy atom. The molecule has 1 aromatic heterocycles. The molecule has 5 rings (SSSR count). The van der Waals surface area contributed by atoms with E-state index in [9.17, 15) is 9.59 Å². The molecular formula is C19H24ClNO3S. The fourth-order valence-electron chi connectivity index (χ4n) is 5.60. The standard InChI is InChI=1S/C19H24ClNO3S/c1-3-24-16(22)15-11(2)4-14(25-15)21-17(23)18-6-12-5-13(7-18)9-19(20,8-12)10-18/h4,12-13H,3,5-10H2,1-2H3,(H,21,23)/t12-,13-,18?,19?/m0/s1. The second kappa shape index (κ2) is 5.98. The summed E-state index contributed by atoms with van der Waals surface area (Å²) in [6.45, 7) is 4.01. The molecule has 0 aromatic carbocycles. The van der Waals surface area contributed by atoms with Crippen molar-refractivity contribution in [2.75, 3.05) is 11.9 Å². The van der Waals surface area contributed by atoms with E-state index < -0.39 is 0 Å². The summed E-state index contributed by atoms with van der Waals surface area (Å²) in [5.74, 6) is 0.942. The van der Waals surface area contributed by atoms with Crippen LogP contribution >= 0.6 is 22.9 Å². The predicted octanol–water partition coefficient (Wildman–Crippen LogP) is 4.75. The van der Waals surface area contributed by atoms with Gasteiger partial charge in [-0.1, -0.05) is 0 Å². The summed E-state index contributed by atoms with van der Waals surface area (Å²) in [6.07, 6.45) is 6.05. The number of carbonyl (C=O) groups is 2. The summed E-state index contributed by atoms with van der Waals surface area (Å²) in [6, 6.07) is 1.87. The normalized spacial score (nSPS) is 35.6. The highest BCUT2D eigenvalue weighted by Crippen LogP contribution is 2.64. The molecule has 4 aliphatic rings. The van der Waals surface area contributed by atoms with Crippen molar-refractivity contribution in [1.82, 2.24) is 0 Å². The molecule has 0 unspecified atom stereocenters.